The van der Waals surface area contributed by atoms with Crippen molar-refractivity contribution in [3.63, 3.8) is 0 Å². The molecule has 0 aliphatic heterocycles. The molecule has 0 saturated carbocycles. The van der Waals surface area contributed by atoms with E-state index >= 15 is 0 Å². The third kappa shape index (κ3) is 46.8. The lowest BCUT2D eigenvalue weighted by atomic mass is 10.1. The Kier molecular flexibility index (Phi) is 45.7. The number of aliphatic hydroxyl groups is 1. The van der Waals surface area contributed by atoms with Crippen LogP contribution in [0, 0.1) is 0 Å². The minimum Gasteiger partial charge on any atom is -0.462 e. The van der Waals surface area contributed by atoms with E-state index in [0.29, 0.717) is 19.3 Å². The van der Waals surface area contributed by atoms with Gasteiger partial charge >= 0.3 is 39.5 Å². The summed E-state index contributed by atoms with van der Waals surface area (Å²) in [6.07, 6.45) is 37.7. The average Bonchev–Trinajstić information content (AvgIpc) is 3.35. The van der Waals surface area contributed by atoms with Crippen molar-refractivity contribution in [1.29, 1.82) is 0 Å². The number of hydrogen-bond donors (Lipinski definition) is 3. The van der Waals surface area contributed by atoms with E-state index in [9.17, 15) is 43.2 Å². The summed E-state index contributed by atoms with van der Waals surface area (Å²) in [5, 5.41) is 10.3. The lowest BCUT2D eigenvalue weighted by molar-refractivity contribution is -0.161. The van der Waals surface area contributed by atoms with Gasteiger partial charge in [-0.15, -0.1) is 0 Å². The molecule has 5 atom stereocenters. The summed E-state index contributed by atoms with van der Waals surface area (Å²) < 4.78 is 66.0. The average molecular weight is 1070 g/mol. The molecule has 0 aromatic rings. The van der Waals surface area contributed by atoms with Gasteiger partial charge in [0.05, 0.1) is 26.4 Å². The Balaban J connectivity index is 5.02. The van der Waals surface area contributed by atoms with Crippen molar-refractivity contribution in [3.05, 3.63) is 48.6 Å². The fraction of sp³-hybridized carbons (Fsp3) is 0.774. The van der Waals surface area contributed by atoms with Crippen molar-refractivity contribution >= 4 is 39.5 Å². The Bertz CT molecular complexity index is 1600. The van der Waals surface area contributed by atoms with Gasteiger partial charge in [-0.1, -0.05) is 147 Å². The van der Waals surface area contributed by atoms with Crippen LogP contribution in [0.4, 0.5) is 0 Å². The van der Waals surface area contributed by atoms with Gasteiger partial charge in [-0.05, 0) is 83.5 Å². The Hall–Kier alpha value is -2.98. The topological polar surface area (TPSA) is 237 Å². The van der Waals surface area contributed by atoms with E-state index in [0.717, 1.165) is 96.3 Å². The van der Waals surface area contributed by atoms with Gasteiger partial charge in [-0.3, -0.25) is 37.3 Å². The normalized spacial score (nSPS) is 14.9. The predicted octanol–water partition coefficient (Wildman–Crippen LogP) is 12.8. The highest BCUT2D eigenvalue weighted by molar-refractivity contribution is 7.47. The van der Waals surface area contributed by atoms with E-state index in [2.05, 4.69) is 62.5 Å². The van der Waals surface area contributed by atoms with Crippen LogP contribution in [0.3, 0.4) is 0 Å². The number of carbonyl (C=O) groups is 4. The van der Waals surface area contributed by atoms with Crippen LogP contribution >= 0.6 is 15.6 Å². The lowest BCUT2D eigenvalue weighted by Gasteiger charge is -2.21. The summed E-state index contributed by atoms with van der Waals surface area (Å²) in [5.41, 5.74) is 0. The van der Waals surface area contributed by atoms with Crippen LogP contribution in [0.1, 0.15) is 207 Å². The Labute approximate surface area is 432 Å². The first-order valence-electron chi connectivity index (χ1n) is 26.9. The number of esters is 4. The summed E-state index contributed by atoms with van der Waals surface area (Å²) in [5.74, 6) is -2.34. The van der Waals surface area contributed by atoms with Crippen LogP contribution in [0.5, 0.6) is 0 Å². The molecule has 0 aliphatic carbocycles. The Morgan fingerprint density at radius 1 is 0.403 bits per heavy atom. The van der Waals surface area contributed by atoms with Crippen molar-refractivity contribution in [3.8, 4) is 0 Å². The van der Waals surface area contributed by atoms with E-state index in [1.54, 1.807) is 0 Å². The molecule has 17 nitrogen and oxygen atoms in total. The summed E-state index contributed by atoms with van der Waals surface area (Å²) in [6.45, 7) is 3.75. The number of rotatable bonds is 50. The van der Waals surface area contributed by atoms with Crippen molar-refractivity contribution in [2.24, 2.45) is 0 Å². The third-order valence-corrected chi connectivity index (χ3v) is 12.8. The van der Waals surface area contributed by atoms with Gasteiger partial charge in [-0.2, -0.15) is 0 Å². The molecule has 0 radical (unpaired) electrons. The van der Waals surface area contributed by atoms with Crippen molar-refractivity contribution in [2.45, 2.75) is 226 Å². The lowest BCUT2D eigenvalue weighted by Crippen LogP contribution is -2.30. The molecule has 0 saturated heterocycles. The number of ether oxygens (including phenoxy) is 4. The van der Waals surface area contributed by atoms with Gasteiger partial charge in [0.1, 0.15) is 19.3 Å². The van der Waals surface area contributed by atoms with Gasteiger partial charge in [0.2, 0.25) is 0 Å². The maximum Gasteiger partial charge on any atom is 0.472 e. The zero-order valence-corrected chi connectivity index (χ0v) is 46.1. The van der Waals surface area contributed by atoms with E-state index in [1.165, 1.54) is 45.4 Å². The Morgan fingerprint density at radius 3 is 1.14 bits per heavy atom. The highest BCUT2D eigenvalue weighted by atomic mass is 31.2. The maximum absolute atomic E-state index is 12.8. The quantitative estimate of drug-likeness (QED) is 0.0169. The predicted molar refractivity (Wildman–Crippen MR) is 280 cm³/mol. The molecule has 72 heavy (non-hydrogen) atoms. The second-order valence-electron chi connectivity index (χ2n) is 17.8. The summed E-state index contributed by atoms with van der Waals surface area (Å²) in [6, 6.07) is 0. The number of unbranched alkanes of at least 4 members (excludes halogenated alkanes) is 17. The minimum absolute atomic E-state index is 0.0222. The zero-order valence-electron chi connectivity index (χ0n) is 44.3. The molecule has 0 amide bonds. The van der Waals surface area contributed by atoms with Crippen LogP contribution in [0.2, 0.25) is 0 Å². The van der Waals surface area contributed by atoms with Gasteiger partial charge in [0.25, 0.3) is 0 Å². The highest BCUT2D eigenvalue weighted by Gasteiger charge is 2.30. The number of aliphatic hydroxyl groups excluding tert-OH is 1. The van der Waals surface area contributed by atoms with Crippen LogP contribution in [-0.2, 0) is 65.4 Å². The number of allylic oxidation sites excluding steroid dienone is 8. The van der Waals surface area contributed by atoms with Crippen molar-refractivity contribution in [1.82, 2.24) is 0 Å². The first kappa shape index (κ1) is 69.0. The second-order valence-corrected chi connectivity index (χ2v) is 20.7. The molecule has 0 aromatic carbocycles. The van der Waals surface area contributed by atoms with Gasteiger partial charge in [0, 0.05) is 25.7 Å². The van der Waals surface area contributed by atoms with Crippen molar-refractivity contribution in [2.75, 3.05) is 39.6 Å². The first-order chi connectivity index (χ1) is 34.7. The molecule has 19 heteroatoms. The molecule has 418 valence electrons. The van der Waals surface area contributed by atoms with Crippen LogP contribution < -0.4 is 0 Å². The zero-order chi connectivity index (χ0) is 53.4. The first-order valence-corrected chi connectivity index (χ1v) is 29.9. The second kappa shape index (κ2) is 47.7. The van der Waals surface area contributed by atoms with E-state index in [1.807, 2.05) is 6.92 Å². The van der Waals surface area contributed by atoms with E-state index in [4.69, 9.17) is 37.0 Å². The monoisotopic (exact) mass is 1060 g/mol. The molecule has 0 fully saturated rings. The largest absolute Gasteiger partial charge is 0.472 e. The molecule has 0 spiro atoms. The highest BCUT2D eigenvalue weighted by Crippen LogP contribution is 2.45. The molecule has 0 rings (SSSR count). The molecule has 2 unspecified atom stereocenters. The van der Waals surface area contributed by atoms with Gasteiger partial charge < -0.3 is 33.8 Å². The van der Waals surface area contributed by atoms with Crippen LogP contribution in [0.25, 0.3) is 0 Å². The SMILES string of the molecule is CCCCC/C=C/C/C=C/CCCCCCCC(=O)OC[C@H](COP(=O)(O)OC[C@@H](O)COP(=O)(O)OC[C@@H](COC(=O)CCCC)OC(=O)CC)OC(=O)CCCCCCC/C=C/C/C=C/CCCCC. The minimum atomic E-state index is -4.94. The van der Waals surface area contributed by atoms with Crippen molar-refractivity contribution < 1.29 is 80.2 Å². The molecule has 0 aliphatic rings. The standard InChI is InChI=1S/C53H94O17P2/c1-5-9-12-14-16-18-20-22-24-26-28-30-32-34-36-39-52(57)64-44-49(70-53(58)40-37-35-33-31-29-27-25-23-21-19-17-15-13-10-6-2)46-68-72(61,62)66-42-47(54)41-65-71(59,60)67-45-48(69-50(55)8-4)43-63-51(56)38-11-7-3/h16-19,22-25,47-49,54H,5-15,20-21,26-46H2,1-4H3,(H,59,60)(H,61,62)/b18-16+,19-17+,24-22+,25-23+/t47-,48+,49+/m0/s1. The molecule has 0 heterocycles. The Morgan fingerprint density at radius 2 is 0.736 bits per heavy atom. The number of carbonyl (C=O) groups excluding carboxylic acids is 4. The number of hydrogen-bond acceptors (Lipinski definition) is 15. The van der Waals surface area contributed by atoms with E-state index in [-0.39, 0.29) is 25.7 Å². The maximum atomic E-state index is 12.8. The fourth-order valence-corrected chi connectivity index (χ4v) is 8.16. The number of phosphoric ester groups is 2. The third-order valence-electron chi connectivity index (χ3n) is 10.9. The van der Waals surface area contributed by atoms with E-state index < -0.39 is 97.5 Å². The molecular weight excluding hydrogens is 971 g/mol. The summed E-state index contributed by atoms with van der Waals surface area (Å²) in [7, 11) is -9.83. The summed E-state index contributed by atoms with van der Waals surface area (Å²) >= 11 is 0. The van der Waals surface area contributed by atoms with Crippen LogP contribution in [0.15, 0.2) is 48.6 Å². The van der Waals surface area contributed by atoms with Crippen LogP contribution in [-0.4, -0.2) is 96.7 Å². The molecule has 3 N–H and O–H groups in total. The fourth-order valence-electron chi connectivity index (χ4n) is 6.58. The number of phosphoric acid groups is 2. The summed E-state index contributed by atoms with van der Waals surface area (Å²) in [4.78, 5) is 69.8. The smallest absolute Gasteiger partial charge is 0.462 e. The van der Waals surface area contributed by atoms with Gasteiger partial charge in [-0.25, -0.2) is 9.13 Å². The molecular formula is C53H94O17P2. The molecule has 0 bridgehead atoms. The molecule has 0 aromatic heterocycles. The van der Waals surface area contributed by atoms with Gasteiger partial charge in [0.15, 0.2) is 12.2 Å².